The molecule has 1 atom stereocenters. The third-order valence-corrected chi connectivity index (χ3v) is 7.28. The SMILES string of the molecule is O=C(CCc1nc2ccccc2s1)N1CCC2(CC1)CC(Oc1ncccn1)CCO2. The van der Waals surface area contributed by atoms with E-state index in [0.717, 1.165) is 49.3 Å². The molecule has 0 saturated carbocycles. The fourth-order valence-electron chi connectivity index (χ4n) is 4.49. The summed E-state index contributed by atoms with van der Waals surface area (Å²) in [5.74, 6) is 0.204. The predicted molar refractivity (Wildman–Crippen MR) is 118 cm³/mol. The molecule has 2 aliphatic rings. The Hall–Kier alpha value is -2.58. The zero-order valence-corrected chi connectivity index (χ0v) is 18.2. The van der Waals surface area contributed by atoms with E-state index in [1.165, 1.54) is 4.70 Å². The van der Waals surface area contributed by atoms with Gasteiger partial charge in [0.2, 0.25) is 5.91 Å². The van der Waals surface area contributed by atoms with Gasteiger partial charge in [0, 0.05) is 51.2 Å². The molecule has 1 aromatic carbocycles. The fraction of sp³-hybridized carbons (Fsp3) is 0.478. The van der Waals surface area contributed by atoms with E-state index in [9.17, 15) is 4.79 Å². The van der Waals surface area contributed by atoms with E-state index in [4.69, 9.17) is 9.47 Å². The highest BCUT2D eigenvalue weighted by molar-refractivity contribution is 7.18. The van der Waals surface area contributed by atoms with E-state index in [1.807, 2.05) is 23.1 Å². The van der Waals surface area contributed by atoms with Crippen molar-refractivity contribution < 1.29 is 14.3 Å². The molecule has 2 aromatic heterocycles. The molecule has 162 valence electrons. The number of fused-ring (bicyclic) bond motifs is 1. The normalized spacial score (nSPS) is 20.8. The molecule has 2 fully saturated rings. The Morgan fingerprint density at radius 1 is 1.19 bits per heavy atom. The first-order valence-corrected chi connectivity index (χ1v) is 11.7. The minimum atomic E-state index is -0.207. The number of carbonyl (C=O) groups excluding carboxylic acids is 1. The molecule has 1 unspecified atom stereocenters. The molecule has 8 heteroatoms. The lowest BCUT2D eigenvalue weighted by atomic mass is 9.83. The largest absolute Gasteiger partial charge is 0.460 e. The third-order valence-electron chi connectivity index (χ3n) is 6.18. The van der Waals surface area contributed by atoms with Crippen molar-refractivity contribution in [2.75, 3.05) is 19.7 Å². The number of carbonyl (C=O) groups is 1. The molecule has 1 spiro atoms. The van der Waals surface area contributed by atoms with E-state index in [1.54, 1.807) is 29.8 Å². The number of ether oxygens (including phenoxy) is 2. The monoisotopic (exact) mass is 438 g/mol. The summed E-state index contributed by atoms with van der Waals surface area (Å²) in [4.78, 5) is 27.7. The minimum absolute atomic E-state index is 0.0532. The average molecular weight is 439 g/mol. The summed E-state index contributed by atoms with van der Waals surface area (Å²) in [6.45, 7) is 2.13. The molecule has 0 aliphatic carbocycles. The van der Waals surface area contributed by atoms with E-state index in [-0.39, 0.29) is 17.6 Å². The molecule has 31 heavy (non-hydrogen) atoms. The molecule has 4 heterocycles. The molecular formula is C23H26N4O3S. The highest BCUT2D eigenvalue weighted by Gasteiger charge is 2.42. The first kappa shape index (κ1) is 20.3. The Morgan fingerprint density at radius 3 is 2.81 bits per heavy atom. The highest BCUT2D eigenvalue weighted by Crippen LogP contribution is 2.36. The van der Waals surface area contributed by atoms with Gasteiger partial charge in [-0.05, 0) is 31.0 Å². The zero-order chi connectivity index (χ0) is 21.1. The van der Waals surface area contributed by atoms with Crippen molar-refractivity contribution in [3.05, 3.63) is 47.7 Å². The maximum Gasteiger partial charge on any atom is 0.316 e. The number of aryl methyl sites for hydroxylation is 1. The standard InChI is InChI=1S/C23H26N4O3S/c28-21(7-6-20-26-18-4-1-2-5-19(18)31-20)27-13-9-23(10-14-27)16-17(8-15-29-23)30-22-24-11-3-12-25-22/h1-5,11-12,17H,6-10,13-16H2. The number of piperidine rings is 1. The molecule has 0 N–H and O–H groups in total. The molecule has 0 bridgehead atoms. The number of thiazole rings is 1. The molecular weight excluding hydrogens is 412 g/mol. The summed E-state index contributed by atoms with van der Waals surface area (Å²) in [6, 6.07) is 10.3. The van der Waals surface area contributed by atoms with Gasteiger partial charge in [0.1, 0.15) is 6.10 Å². The Morgan fingerprint density at radius 2 is 2.00 bits per heavy atom. The number of amides is 1. The van der Waals surface area contributed by atoms with Crippen molar-refractivity contribution in [3.8, 4) is 6.01 Å². The topological polar surface area (TPSA) is 77.4 Å². The summed E-state index contributed by atoms with van der Waals surface area (Å²) < 4.78 is 13.4. The van der Waals surface area contributed by atoms with Crippen molar-refractivity contribution in [3.63, 3.8) is 0 Å². The van der Waals surface area contributed by atoms with E-state index >= 15 is 0 Å². The number of hydrogen-bond donors (Lipinski definition) is 0. The van der Waals surface area contributed by atoms with Crippen molar-refractivity contribution >= 4 is 27.5 Å². The fourth-order valence-corrected chi connectivity index (χ4v) is 5.46. The lowest BCUT2D eigenvalue weighted by Gasteiger charge is -2.45. The van der Waals surface area contributed by atoms with Crippen LogP contribution in [0.15, 0.2) is 42.7 Å². The Kier molecular flexibility index (Phi) is 5.82. The molecule has 5 rings (SSSR count). The summed E-state index contributed by atoms with van der Waals surface area (Å²) >= 11 is 1.68. The Labute approximate surface area is 185 Å². The quantitative estimate of drug-likeness (QED) is 0.605. The van der Waals surface area contributed by atoms with Crippen LogP contribution in [0.1, 0.15) is 37.1 Å². The first-order valence-electron chi connectivity index (χ1n) is 10.9. The van der Waals surface area contributed by atoms with Gasteiger partial charge in [0.05, 0.1) is 27.4 Å². The van der Waals surface area contributed by atoms with Crippen molar-refractivity contribution in [2.24, 2.45) is 0 Å². The van der Waals surface area contributed by atoms with Gasteiger partial charge in [-0.1, -0.05) is 12.1 Å². The maximum atomic E-state index is 12.8. The maximum absolute atomic E-state index is 12.8. The summed E-state index contributed by atoms with van der Waals surface area (Å²) in [5.41, 5.74) is 0.809. The highest BCUT2D eigenvalue weighted by atomic mass is 32.1. The van der Waals surface area contributed by atoms with E-state index in [2.05, 4.69) is 21.0 Å². The third kappa shape index (κ3) is 4.70. The molecule has 7 nitrogen and oxygen atoms in total. The van der Waals surface area contributed by atoms with E-state index in [0.29, 0.717) is 25.5 Å². The second kappa shape index (κ2) is 8.88. The zero-order valence-electron chi connectivity index (χ0n) is 17.4. The van der Waals surface area contributed by atoms with Crippen molar-refractivity contribution in [1.82, 2.24) is 19.9 Å². The summed E-state index contributed by atoms with van der Waals surface area (Å²) in [6.07, 6.45) is 7.98. The van der Waals surface area contributed by atoms with Crippen LogP contribution in [0.2, 0.25) is 0 Å². The lowest BCUT2D eigenvalue weighted by Crippen LogP contribution is -2.52. The summed E-state index contributed by atoms with van der Waals surface area (Å²) in [7, 11) is 0. The number of rotatable bonds is 5. The number of aromatic nitrogens is 3. The number of nitrogens with zero attached hydrogens (tertiary/aromatic N) is 4. The van der Waals surface area contributed by atoms with Crippen LogP contribution in [0.5, 0.6) is 6.01 Å². The van der Waals surface area contributed by atoms with Gasteiger partial charge in [-0.3, -0.25) is 4.79 Å². The second-order valence-electron chi connectivity index (χ2n) is 8.25. The number of benzene rings is 1. The van der Waals surface area contributed by atoms with Crippen LogP contribution in [0.25, 0.3) is 10.2 Å². The van der Waals surface area contributed by atoms with Crippen LogP contribution in [0, 0.1) is 0 Å². The number of likely N-dealkylation sites (tertiary alicyclic amines) is 1. The number of hydrogen-bond acceptors (Lipinski definition) is 7. The van der Waals surface area contributed by atoms with Gasteiger partial charge in [0.25, 0.3) is 0 Å². The van der Waals surface area contributed by atoms with Gasteiger partial charge in [-0.2, -0.15) is 0 Å². The Balaban J connectivity index is 1.12. The van der Waals surface area contributed by atoms with Crippen LogP contribution >= 0.6 is 11.3 Å². The lowest BCUT2D eigenvalue weighted by molar-refractivity contribution is -0.151. The predicted octanol–water partition coefficient (Wildman–Crippen LogP) is 3.64. The second-order valence-corrected chi connectivity index (χ2v) is 9.37. The van der Waals surface area contributed by atoms with Gasteiger partial charge in [0.15, 0.2) is 0 Å². The van der Waals surface area contributed by atoms with Crippen LogP contribution in [-0.2, 0) is 16.0 Å². The minimum Gasteiger partial charge on any atom is -0.460 e. The van der Waals surface area contributed by atoms with Crippen LogP contribution in [0.3, 0.4) is 0 Å². The van der Waals surface area contributed by atoms with Crippen LogP contribution < -0.4 is 4.74 Å². The van der Waals surface area contributed by atoms with Gasteiger partial charge >= 0.3 is 6.01 Å². The van der Waals surface area contributed by atoms with Gasteiger partial charge in [-0.25, -0.2) is 15.0 Å². The van der Waals surface area contributed by atoms with Gasteiger partial charge < -0.3 is 14.4 Å². The average Bonchev–Trinajstić information content (AvgIpc) is 3.22. The van der Waals surface area contributed by atoms with Crippen molar-refractivity contribution in [2.45, 2.75) is 50.2 Å². The molecule has 2 saturated heterocycles. The Bertz CT molecular complexity index is 1000. The van der Waals surface area contributed by atoms with E-state index < -0.39 is 0 Å². The first-order chi connectivity index (χ1) is 15.2. The molecule has 0 radical (unpaired) electrons. The smallest absolute Gasteiger partial charge is 0.316 e. The number of para-hydroxylation sites is 1. The molecule has 2 aliphatic heterocycles. The van der Waals surface area contributed by atoms with Crippen LogP contribution in [0.4, 0.5) is 0 Å². The van der Waals surface area contributed by atoms with Gasteiger partial charge in [-0.15, -0.1) is 11.3 Å². The molecule has 3 aromatic rings. The molecule has 1 amide bonds. The van der Waals surface area contributed by atoms with Crippen molar-refractivity contribution in [1.29, 1.82) is 0 Å². The summed E-state index contributed by atoms with van der Waals surface area (Å²) in [5, 5.41) is 1.03. The van der Waals surface area contributed by atoms with Crippen LogP contribution in [-0.4, -0.2) is 57.2 Å².